The highest BCUT2D eigenvalue weighted by atomic mass is 32.2. The molecule has 1 aromatic carbocycles. The molecular weight excluding hydrogens is 500 g/mol. The van der Waals surface area contributed by atoms with E-state index in [-0.39, 0.29) is 5.69 Å². The van der Waals surface area contributed by atoms with Gasteiger partial charge in [-0.3, -0.25) is 14.1 Å². The van der Waals surface area contributed by atoms with E-state index in [0.29, 0.717) is 49.0 Å². The Hall–Kier alpha value is -2.94. The van der Waals surface area contributed by atoms with Gasteiger partial charge in [-0.15, -0.1) is 0 Å². The van der Waals surface area contributed by atoms with Crippen molar-refractivity contribution in [2.24, 2.45) is 0 Å². The van der Waals surface area contributed by atoms with Gasteiger partial charge in [-0.1, -0.05) is 0 Å². The van der Waals surface area contributed by atoms with Crippen LogP contribution in [0.1, 0.15) is 36.0 Å². The number of benzene rings is 1. The molecule has 186 valence electrons. The second-order valence-corrected chi connectivity index (χ2v) is 9.05. The van der Waals surface area contributed by atoms with Crippen LogP contribution >= 0.6 is 0 Å². The zero-order valence-electron chi connectivity index (χ0n) is 16.9. The fraction of sp³-hybridized carbons (Fsp3) is 0.421. The zero-order valence-corrected chi connectivity index (χ0v) is 17.7. The predicted octanol–water partition coefficient (Wildman–Crippen LogP) is 3.34. The molecule has 8 nitrogen and oxygen atoms in total. The Labute approximate surface area is 187 Å². The van der Waals surface area contributed by atoms with Crippen LogP contribution in [0.25, 0.3) is 0 Å². The van der Waals surface area contributed by atoms with Crippen molar-refractivity contribution in [1.29, 1.82) is 0 Å². The van der Waals surface area contributed by atoms with E-state index >= 15 is 0 Å². The number of nitrogens with zero attached hydrogens (tertiary/aromatic N) is 1. The van der Waals surface area contributed by atoms with E-state index in [2.05, 4.69) is 4.74 Å². The van der Waals surface area contributed by atoms with Gasteiger partial charge in [0.25, 0.3) is 21.9 Å². The Kier molecular flexibility index (Phi) is 6.32. The van der Waals surface area contributed by atoms with Crippen molar-refractivity contribution >= 4 is 33.6 Å². The van der Waals surface area contributed by atoms with Crippen LogP contribution < -0.4 is 4.90 Å². The van der Waals surface area contributed by atoms with E-state index in [1.165, 1.54) is 0 Å². The minimum absolute atomic E-state index is 0.0863. The molecule has 2 amide bonds. The summed E-state index contributed by atoms with van der Waals surface area (Å²) >= 11 is 0. The number of carbonyl (C=O) groups excluding carboxylic acids is 3. The summed E-state index contributed by atoms with van der Waals surface area (Å²) in [6.45, 7) is 0. The SMILES string of the molecule is O=C(OC(CS(=O)(=O)O)(C(F)(F)F)C(F)(F)F)c1ccc(N2C(=O)C3=C(CCCC3)C2=O)cc1. The molecule has 2 aliphatic rings. The largest absolute Gasteiger partial charge is 0.438 e. The van der Waals surface area contributed by atoms with Crippen molar-refractivity contribution < 1.29 is 58.4 Å². The van der Waals surface area contributed by atoms with Crippen molar-refractivity contribution in [3.8, 4) is 0 Å². The fourth-order valence-electron chi connectivity index (χ4n) is 3.66. The quantitative estimate of drug-likeness (QED) is 0.277. The average molecular weight is 515 g/mol. The van der Waals surface area contributed by atoms with Crippen molar-refractivity contribution in [2.75, 3.05) is 10.7 Å². The van der Waals surface area contributed by atoms with Crippen LogP contribution in [0.2, 0.25) is 0 Å². The summed E-state index contributed by atoms with van der Waals surface area (Å²) in [5.74, 6) is -6.45. The number of halogens is 6. The van der Waals surface area contributed by atoms with Gasteiger partial charge in [0.1, 0.15) is 5.75 Å². The Balaban J connectivity index is 1.90. The first-order chi connectivity index (χ1) is 15.5. The van der Waals surface area contributed by atoms with Crippen LogP contribution in [0.15, 0.2) is 35.4 Å². The lowest BCUT2D eigenvalue weighted by molar-refractivity contribution is -0.356. The number of amides is 2. The molecule has 1 N–H and O–H groups in total. The van der Waals surface area contributed by atoms with Crippen molar-refractivity contribution in [3.63, 3.8) is 0 Å². The number of ether oxygens (including phenoxy) is 1. The second-order valence-electron chi connectivity index (χ2n) is 7.60. The van der Waals surface area contributed by atoms with Gasteiger partial charge < -0.3 is 4.74 Å². The molecule has 0 saturated heterocycles. The Morgan fingerprint density at radius 1 is 0.912 bits per heavy atom. The molecule has 0 spiro atoms. The van der Waals surface area contributed by atoms with Gasteiger partial charge in [-0.25, -0.2) is 9.69 Å². The van der Waals surface area contributed by atoms with Crippen LogP contribution in [0.5, 0.6) is 0 Å². The maximum absolute atomic E-state index is 13.3. The van der Waals surface area contributed by atoms with Gasteiger partial charge in [0, 0.05) is 11.1 Å². The topological polar surface area (TPSA) is 118 Å². The van der Waals surface area contributed by atoms with Gasteiger partial charge in [0.2, 0.25) is 0 Å². The number of esters is 1. The molecule has 0 fully saturated rings. The monoisotopic (exact) mass is 515 g/mol. The third kappa shape index (κ3) is 4.53. The minimum Gasteiger partial charge on any atom is -0.435 e. The molecular formula is C19H15F6NO7S. The molecule has 34 heavy (non-hydrogen) atoms. The molecule has 1 aliphatic carbocycles. The molecule has 0 saturated carbocycles. The summed E-state index contributed by atoms with van der Waals surface area (Å²) in [6, 6.07) is 3.30. The minimum atomic E-state index is -6.46. The second kappa shape index (κ2) is 8.37. The van der Waals surface area contributed by atoms with Crippen molar-refractivity contribution in [1.82, 2.24) is 0 Å². The lowest BCUT2D eigenvalue weighted by atomic mass is 9.93. The molecule has 0 atom stereocenters. The van der Waals surface area contributed by atoms with E-state index in [9.17, 15) is 49.1 Å². The number of imide groups is 1. The standard InChI is InChI=1S/C19H15F6NO7S/c20-18(21,22)17(19(23,24)25,9-34(30,31)32)33-16(29)10-5-7-11(8-6-10)26-14(27)12-3-1-2-4-13(12)15(26)28/h5-8H,1-4,9H2,(H,30,31,32). The highest BCUT2D eigenvalue weighted by molar-refractivity contribution is 7.85. The molecule has 0 aromatic heterocycles. The van der Waals surface area contributed by atoms with Gasteiger partial charge in [-0.05, 0) is 49.9 Å². The van der Waals surface area contributed by atoms with E-state index in [1.54, 1.807) is 0 Å². The van der Waals surface area contributed by atoms with E-state index in [0.717, 1.165) is 17.0 Å². The first kappa shape index (κ1) is 25.7. The normalized spacial score (nSPS) is 17.8. The van der Waals surface area contributed by atoms with Gasteiger partial charge in [0.05, 0.1) is 11.3 Å². The average Bonchev–Trinajstić information content (AvgIpc) is 2.95. The lowest BCUT2D eigenvalue weighted by Gasteiger charge is -2.35. The van der Waals surface area contributed by atoms with E-state index in [1.807, 2.05) is 0 Å². The van der Waals surface area contributed by atoms with E-state index in [4.69, 9.17) is 4.55 Å². The summed E-state index contributed by atoms with van der Waals surface area (Å²) < 4.78 is 114. The maximum atomic E-state index is 13.3. The number of hydrogen-bond acceptors (Lipinski definition) is 6. The van der Waals surface area contributed by atoms with Crippen LogP contribution in [0, 0.1) is 0 Å². The Bertz CT molecular complexity index is 1130. The number of rotatable bonds is 5. The number of alkyl halides is 6. The predicted molar refractivity (Wildman–Crippen MR) is 101 cm³/mol. The lowest BCUT2D eigenvalue weighted by Crippen LogP contribution is -2.63. The number of carbonyl (C=O) groups is 3. The van der Waals surface area contributed by atoms with Crippen molar-refractivity contribution in [3.05, 3.63) is 41.0 Å². The highest BCUT2D eigenvalue weighted by Crippen LogP contribution is 2.47. The van der Waals surface area contributed by atoms with Gasteiger partial charge >= 0.3 is 23.9 Å². The molecule has 3 rings (SSSR count). The highest BCUT2D eigenvalue weighted by Gasteiger charge is 2.76. The summed E-state index contributed by atoms with van der Waals surface area (Å²) in [4.78, 5) is 38.0. The molecule has 1 heterocycles. The number of anilines is 1. The molecule has 1 aliphatic heterocycles. The first-order valence-electron chi connectivity index (χ1n) is 9.51. The van der Waals surface area contributed by atoms with Crippen LogP contribution in [0.4, 0.5) is 32.0 Å². The number of hydrogen-bond donors (Lipinski definition) is 1. The van der Waals surface area contributed by atoms with Crippen molar-refractivity contribution in [2.45, 2.75) is 43.6 Å². The van der Waals surface area contributed by atoms with E-state index < -0.39 is 57.2 Å². The molecule has 15 heteroatoms. The zero-order chi connectivity index (χ0) is 25.7. The van der Waals surface area contributed by atoms with Crippen LogP contribution in [0.3, 0.4) is 0 Å². The molecule has 0 radical (unpaired) electrons. The summed E-state index contributed by atoms with van der Waals surface area (Å²) in [6.07, 6.45) is -10.8. The van der Waals surface area contributed by atoms with Crippen LogP contribution in [-0.2, 0) is 24.4 Å². The molecule has 0 unspecified atom stereocenters. The molecule has 0 bridgehead atoms. The summed E-state index contributed by atoms with van der Waals surface area (Å²) in [5.41, 5.74) is -5.85. The summed E-state index contributed by atoms with van der Waals surface area (Å²) in [5, 5.41) is 0. The van der Waals surface area contributed by atoms with Crippen LogP contribution in [-0.4, -0.2) is 54.5 Å². The third-order valence-corrected chi connectivity index (χ3v) is 6.09. The third-order valence-electron chi connectivity index (χ3n) is 5.32. The smallest absolute Gasteiger partial charge is 0.435 e. The summed E-state index contributed by atoms with van der Waals surface area (Å²) in [7, 11) is -5.92. The Morgan fingerprint density at radius 3 is 1.74 bits per heavy atom. The fourth-order valence-corrected chi connectivity index (χ4v) is 4.56. The molecule has 1 aromatic rings. The Morgan fingerprint density at radius 2 is 1.35 bits per heavy atom. The van der Waals surface area contributed by atoms with Gasteiger partial charge in [0.15, 0.2) is 0 Å². The maximum Gasteiger partial charge on any atom is 0.438 e. The first-order valence-corrected chi connectivity index (χ1v) is 11.1. The van der Waals surface area contributed by atoms with Gasteiger partial charge in [-0.2, -0.15) is 34.8 Å².